The number of methoxy groups -OCH3 is 1. The number of hydrogen-bond donors (Lipinski definition) is 1. The molecule has 19 heavy (non-hydrogen) atoms. The second-order valence-corrected chi connectivity index (χ2v) is 5.20. The van der Waals surface area contributed by atoms with Gasteiger partial charge in [0.2, 0.25) is 0 Å². The first-order chi connectivity index (χ1) is 9.15. The molecule has 0 aliphatic carbocycles. The first-order valence-electron chi connectivity index (χ1n) is 6.41. The fraction of sp³-hybridized carbons (Fsp3) is 0.400. The van der Waals surface area contributed by atoms with Gasteiger partial charge in [0.25, 0.3) is 0 Å². The average molecular weight is 279 g/mol. The van der Waals surface area contributed by atoms with Gasteiger partial charge < -0.3 is 10.1 Å². The molecule has 1 heterocycles. The van der Waals surface area contributed by atoms with Crippen LogP contribution in [0.5, 0.6) is 5.75 Å². The van der Waals surface area contributed by atoms with Crippen molar-refractivity contribution in [2.75, 3.05) is 18.3 Å². The van der Waals surface area contributed by atoms with Gasteiger partial charge in [-0.15, -0.1) is 11.6 Å². The van der Waals surface area contributed by atoms with E-state index in [0.717, 1.165) is 22.3 Å². The molecule has 0 spiro atoms. The van der Waals surface area contributed by atoms with Gasteiger partial charge in [-0.05, 0) is 35.6 Å². The van der Waals surface area contributed by atoms with Crippen molar-refractivity contribution >= 4 is 28.2 Å². The normalized spacial score (nSPS) is 12.7. The van der Waals surface area contributed by atoms with Gasteiger partial charge in [-0.2, -0.15) is 0 Å². The predicted molar refractivity (Wildman–Crippen MR) is 81.3 cm³/mol. The highest BCUT2D eigenvalue weighted by Gasteiger charge is 2.13. The quantitative estimate of drug-likeness (QED) is 0.842. The molecule has 0 amide bonds. The molecule has 0 aliphatic rings. The molecule has 0 saturated heterocycles. The molecular weight excluding hydrogens is 260 g/mol. The average Bonchev–Trinajstić information content (AvgIpc) is 2.43. The van der Waals surface area contributed by atoms with Crippen molar-refractivity contribution in [1.82, 2.24) is 4.98 Å². The molecule has 2 rings (SSSR count). The lowest BCUT2D eigenvalue weighted by atomic mass is 10.1. The van der Waals surface area contributed by atoms with Crippen LogP contribution in [0.4, 0.5) is 5.82 Å². The number of nitrogens with zero attached hydrogens (tertiary/aromatic N) is 1. The van der Waals surface area contributed by atoms with Crippen LogP contribution in [0.2, 0.25) is 0 Å². The van der Waals surface area contributed by atoms with Gasteiger partial charge in [0.05, 0.1) is 7.11 Å². The van der Waals surface area contributed by atoms with E-state index in [4.69, 9.17) is 16.3 Å². The minimum atomic E-state index is 0.210. The van der Waals surface area contributed by atoms with Gasteiger partial charge in [-0.25, -0.2) is 4.98 Å². The van der Waals surface area contributed by atoms with Crippen molar-refractivity contribution in [2.45, 2.75) is 19.9 Å². The first kappa shape index (κ1) is 13.9. The molecule has 102 valence electrons. The molecule has 1 N–H and O–H groups in total. The molecule has 1 aromatic heterocycles. The van der Waals surface area contributed by atoms with E-state index in [0.29, 0.717) is 11.8 Å². The van der Waals surface area contributed by atoms with Crippen molar-refractivity contribution in [3.63, 3.8) is 0 Å². The summed E-state index contributed by atoms with van der Waals surface area (Å²) in [6, 6.07) is 8.17. The lowest BCUT2D eigenvalue weighted by Gasteiger charge is -2.21. The number of aromatic nitrogens is 1. The SMILES string of the molecule is COc1ccc2c(NC(CCl)C(C)C)nccc2c1. The molecule has 0 saturated carbocycles. The van der Waals surface area contributed by atoms with E-state index >= 15 is 0 Å². The van der Waals surface area contributed by atoms with E-state index in [2.05, 4.69) is 24.1 Å². The Hall–Kier alpha value is -1.48. The maximum Gasteiger partial charge on any atom is 0.134 e. The minimum Gasteiger partial charge on any atom is -0.497 e. The summed E-state index contributed by atoms with van der Waals surface area (Å²) in [6.07, 6.45) is 1.80. The second-order valence-electron chi connectivity index (χ2n) is 4.90. The lowest BCUT2D eigenvalue weighted by molar-refractivity contribution is 0.415. The highest BCUT2D eigenvalue weighted by atomic mass is 35.5. The van der Waals surface area contributed by atoms with E-state index in [1.807, 2.05) is 24.3 Å². The fourth-order valence-electron chi connectivity index (χ4n) is 1.96. The summed E-state index contributed by atoms with van der Waals surface area (Å²) in [5, 5.41) is 5.61. The molecular formula is C15H19ClN2O. The molecule has 1 unspecified atom stereocenters. The van der Waals surface area contributed by atoms with E-state index < -0.39 is 0 Å². The third-order valence-electron chi connectivity index (χ3n) is 3.26. The number of nitrogens with one attached hydrogen (secondary N) is 1. The summed E-state index contributed by atoms with van der Waals surface area (Å²) in [6.45, 7) is 4.29. The third-order valence-corrected chi connectivity index (χ3v) is 3.60. The summed E-state index contributed by atoms with van der Waals surface area (Å²) in [5.41, 5.74) is 0. The number of hydrogen-bond acceptors (Lipinski definition) is 3. The van der Waals surface area contributed by atoms with Crippen LogP contribution in [-0.4, -0.2) is 24.0 Å². The number of anilines is 1. The summed E-state index contributed by atoms with van der Waals surface area (Å²) in [5.74, 6) is 2.74. The Kier molecular flexibility index (Phi) is 4.48. The number of ether oxygens (including phenoxy) is 1. The largest absolute Gasteiger partial charge is 0.497 e. The summed E-state index contributed by atoms with van der Waals surface area (Å²) >= 11 is 6.00. The number of fused-ring (bicyclic) bond motifs is 1. The topological polar surface area (TPSA) is 34.1 Å². The van der Waals surface area contributed by atoms with E-state index in [1.165, 1.54) is 0 Å². The van der Waals surface area contributed by atoms with Gasteiger partial charge in [-0.3, -0.25) is 0 Å². The summed E-state index contributed by atoms with van der Waals surface area (Å²) in [4.78, 5) is 4.42. The second kappa shape index (κ2) is 6.11. The zero-order valence-electron chi connectivity index (χ0n) is 11.5. The highest BCUT2D eigenvalue weighted by molar-refractivity contribution is 6.18. The number of halogens is 1. The molecule has 0 aliphatic heterocycles. The maximum atomic E-state index is 6.00. The van der Waals surface area contributed by atoms with Crippen LogP contribution in [0, 0.1) is 5.92 Å². The Balaban J connectivity index is 2.38. The van der Waals surface area contributed by atoms with Gasteiger partial charge in [-0.1, -0.05) is 13.8 Å². The number of alkyl halides is 1. The van der Waals surface area contributed by atoms with Crippen LogP contribution in [0.25, 0.3) is 10.8 Å². The molecule has 1 atom stereocenters. The van der Waals surface area contributed by atoms with Crippen LogP contribution in [0.3, 0.4) is 0 Å². The predicted octanol–water partition coefficient (Wildman–Crippen LogP) is 3.92. The Bertz CT molecular complexity index is 557. The Labute approximate surface area is 118 Å². The van der Waals surface area contributed by atoms with Crippen molar-refractivity contribution in [1.29, 1.82) is 0 Å². The fourth-order valence-corrected chi connectivity index (χ4v) is 2.39. The van der Waals surface area contributed by atoms with Gasteiger partial charge in [0.1, 0.15) is 11.6 Å². The van der Waals surface area contributed by atoms with E-state index in [-0.39, 0.29) is 6.04 Å². The lowest BCUT2D eigenvalue weighted by Crippen LogP contribution is -2.27. The smallest absolute Gasteiger partial charge is 0.134 e. The maximum absolute atomic E-state index is 6.00. The Morgan fingerprint density at radius 1 is 1.32 bits per heavy atom. The Morgan fingerprint density at radius 2 is 2.11 bits per heavy atom. The summed E-state index contributed by atoms with van der Waals surface area (Å²) < 4.78 is 5.24. The van der Waals surface area contributed by atoms with Gasteiger partial charge in [0.15, 0.2) is 0 Å². The molecule has 0 bridgehead atoms. The van der Waals surface area contributed by atoms with Crippen molar-refractivity contribution < 1.29 is 4.74 Å². The number of pyridine rings is 1. The van der Waals surface area contributed by atoms with Crippen molar-refractivity contribution in [2.24, 2.45) is 5.92 Å². The standard InChI is InChI=1S/C15H19ClN2O/c1-10(2)14(9-16)18-15-13-5-4-12(19-3)8-11(13)6-7-17-15/h4-8,10,14H,9H2,1-3H3,(H,17,18). The molecule has 4 heteroatoms. The van der Waals surface area contributed by atoms with Crippen molar-refractivity contribution in [3.8, 4) is 5.75 Å². The molecule has 3 nitrogen and oxygen atoms in total. The van der Waals surface area contributed by atoms with Crippen molar-refractivity contribution in [3.05, 3.63) is 30.5 Å². The highest BCUT2D eigenvalue weighted by Crippen LogP contribution is 2.26. The molecule has 1 aromatic carbocycles. The van der Waals surface area contributed by atoms with Crippen LogP contribution >= 0.6 is 11.6 Å². The molecule has 0 radical (unpaired) electrons. The zero-order chi connectivity index (χ0) is 13.8. The molecule has 0 fully saturated rings. The zero-order valence-corrected chi connectivity index (χ0v) is 12.2. The third kappa shape index (κ3) is 3.10. The van der Waals surface area contributed by atoms with Crippen LogP contribution in [0.1, 0.15) is 13.8 Å². The Morgan fingerprint density at radius 3 is 2.74 bits per heavy atom. The van der Waals surface area contributed by atoms with Crippen LogP contribution < -0.4 is 10.1 Å². The van der Waals surface area contributed by atoms with Gasteiger partial charge >= 0.3 is 0 Å². The monoisotopic (exact) mass is 278 g/mol. The number of rotatable bonds is 5. The number of benzene rings is 1. The minimum absolute atomic E-state index is 0.210. The van der Waals surface area contributed by atoms with Crippen LogP contribution in [0.15, 0.2) is 30.5 Å². The van der Waals surface area contributed by atoms with Gasteiger partial charge in [0, 0.05) is 23.5 Å². The van der Waals surface area contributed by atoms with E-state index in [9.17, 15) is 0 Å². The summed E-state index contributed by atoms with van der Waals surface area (Å²) in [7, 11) is 1.67. The first-order valence-corrected chi connectivity index (χ1v) is 6.94. The van der Waals surface area contributed by atoms with Crippen LogP contribution in [-0.2, 0) is 0 Å². The van der Waals surface area contributed by atoms with E-state index in [1.54, 1.807) is 13.3 Å². The molecule has 2 aromatic rings.